The van der Waals surface area contributed by atoms with Crippen molar-refractivity contribution in [3.8, 4) is 11.5 Å². The molecule has 3 nitrogen and oxygen atoms in total. The lowest BCUT2D eigenvalue weighted by Crippen LogP contribution is -2.05. The van der Waals surface area contributed by atoms with Crippen molar-refractivity contribution in [2.45, 2.75) is 0 Å². The minimum atomic E-state index is -0.125. The topological polar surface area (TPSA) is 35.5 Å². The summed E-state index contributed by atoms with van der Waals surface area (Å²) in [5, 5.41) is 0. The molecule has 0 saturated carbocycles. The predicted octanol–water partition coefficient (Wildman–Crippen LogP) is 4.46. The second-order valence-corrected chi connectivity index (χ2v) is 5.70. The Hall–Kier alpha value is -1.33. The second-order valence-electron chi connectivity index (χ2n) is 4.00. The summed E-state index contributed by atoms with van der Waals surface area (Å²) >= 11 is 6.77. The van der Waals surface area contributed by atoms with Crippen molar-refractivity contribution < 1.29 is 14.3 Å². The van der Waals surface area contributed by atoms with Gasteiger partial charge in [-0.3, -0.25) is 4.79 Å². The number of carbonyl (C=O) groups is 1. The minimum Gasteiger partial charge on any atom is -0.496 e. The summed E-state index contributed by atoms with van der Waals surface area (Å²) in [7, 11) is 3.09. The van der Waals surface area contributed by atoms with E-state index in [2.05, 4.69) is 31.9 Å². The third kappa shape index (κ3) is 2.88. The highest BCUT2D eigenvalue weighted by atomic mass is 79.9. The molecule has 20 heavy (non-hydrogen) atoms. The Kier molecular flexibility index (Phi) is 4.83. The number of hydrogen-bond donors (Lipinski definition) is 0. The number of carbonyl (C=O) groups excluding carboxylic acids is 1. The zero-order valence-electron chi connectivity index (χ0n) is 10.9. The first-order valence-corrected chi connectivity index (χ1v) is 7.37. The minimum absolute atomic E-state index is 0.125. The van der Waals surface area contributed by atoms with Crippen molar-refractivity contribution in [3.05, 3.63) is 56.5 Å². The number of hydrogen-bond acceptors (Lipinski definition) is 3. The molecule has 0 N–H and O–H groups in total. The summed E-state index contributed by atoms with van der Waals surface area (Å²) in [6.45, 7) is 0. The lowest BCUT2D eigenvalue weighted by molar-refractivity contribution is 0.103. The summed E-state index contributed by atoms with van der Waals surface area (Å²) in [5.74, 6) is 0.958. The third-order valence-corrected chi connectivity index (χ3v) is 4.15. The Morgan fingerprint density at radius 2 is 1.55 bits per heavy atom. The highest BCUT2D eigenvalue weighted by molar-refractivity contribution is 9.10. The zero-order chi connectivity index (χ0) is 14.7. The van der Waals surface area contributed by atoms with E-state index in [1.165, 1.54) is 7.11 Å². The molecule has 2 aromatic carbocycles. The largest absolute Gasteiger partial charge is 0.496 e. The molecule has 5 heteroatoms. The summed E-state index contributed by atoms with van der Waals surface area (Å²) in [5.41, 5.74) is 1.04. The van der Waals surface area contributed by atoms with Gasteiger partial charge in [-0.1, -0.05) is 28.1 Å². The molecule has 104 valence electrons. The maximum absolute atomic E-state index is 12.6. The van der Waals surface area contributed by atoms with Crippen LogP contribution in [0.15, 0.2) is 45.3 Å². The first-order valence-electron chi connectivity index (χ1n) is 5.79. The van der Waals surface area contributed by atoms with Gasteiger partial charge in [-0.25, -0.2) is 0 Å². The number of halogens is 2. The van der Waals surface area contributed by atoms with Gasteiger partial charge in [0.25, 0.3) is 0 Å². The summed E-state index contributed by atoms with van der Waals surface area (Å²) in [6, 6.07) is 10.7. The van der Waals surface area contributed by atoms with Gasteiger partial charge in [-0.15, -0.1) is 0 Å². The van der Waals surface area contributed by atoms with E-state index in [1.54, 1.807) is 25.3 Å². The SMILES string of the molecule is COc1cc(C(=O)c2ccccc2Br)c(OC)cc1Br. The van der Waals surface area contributed by atoms with Gasteiger partial charge in [0.1, 0.15) is 11.5 Å². The van der Waals surface area contributed by atoms with Crippen LogP contribution in [0.2, 0.25) is 0 Å². The molecule has 2 rings (SSSR count). The molecule has 0 aliphatic heterocycles. The third-order valence-electron chi connectivity index (χ3n) is 2.84. The number of ketones is 1. The van der Waals surface area contributed by atoms with Gasteiger partial charge in [0, 0.05) is 10.0 Å². The molecule has 0 saturated heterocycles. The van der Waals surface area contributed by atoms with Crippen molar-refractivity contribution in [2.24, 2.45) is 0 Å². The fourth-order valence-electron chi connectivity index (χ4n) is 1.83. The van der Waals surface area contributed by atoms with Gasteiger partial charge in [-0.05, 0) is 40.2 Å². The monoisotopic (exact) mass is 398 g/mol. The first-order chi connectivity index (χ1) is 9.58. The van der Waals surface area contributed by atoms with E-state index in [4.69, 9.17) is 9.47 Å². The van der Waals surface area contributed by atoms with Crippen LogP contribution < -0.4 is 9.47 Å². The lowest BCUT2D eigenvalue weighted by Gasteiger charge is -2.12. The molecule has 0 heterocycles. The molecule has 0 fully saturated rings. The molecule has 0 unspecified atom stereocenters. The Balaban J connectivity index is 2.57. The summed E-state index contributed by atoms with van der Waals surface area (Å²) in [6.07, 6.45) is 0. The molecule has 0 radical (unpaired) electrons. The average molecular weight is 400 g/mol. The molecule has 0 atom stereocenters. The van der Waals surface area contributed by atoms with E-state index in [-0.39, 0.29) is 5.78 Å². The van der Waals surface area contributed by atoms with Gasteiger partial charge in [0.15, 0.2) is 5.78 Å². The van der Waals surface area contributed by atoms with Gasteiger partial charge < -0.3 is 9.47 Å². The van der Waals surface area contributed by atoms with Crippen LogP contribution in [0.25, 0.3) is 0 Å². The average Bonchev–Trinajstić information content (AvgIpc) is 2.46. The maximum Gasteiger partial charge on any atom is 0.198 e. The van der Waals surface area contributed by atoms with Crippen LogP contribution in [0.3, 0.4) is 0 Å². The van der Waals surface area contributed by atoms with Crippen LogP contribution in [0.5, 0.6) is 11.5 Å². The summed E-state index contributed by atoms with van der Waals surface area (Å²) in [4.78, 5) is 12.6. The van der Waals surface area contributed by atoms with Crippen molar-refractivity contribution in [1.82, 2.24) is 0 Å². The highest BCUT2D eigenvalue weighted by Gasteiger charge is 2.19. The normalized spacial score (nSPS) is 10.2. The van der Waals surface area contributed by atoms with Crippen LogP contribution in [-0.4, -0.2) is 20.0 Å². The zero-order valence-corrected chi connectivity index (χ0v) is 14.1. The Morgan fingerprint density at radius 3 is 2.15 bits per heavy atom. The van der Waals surface area contributed by atoms with Crippen molar-refractivity contribution in [3.63, 3.8) is 0 Å². The highest BCUT2D eigenvalue weighted by Crippen LogP contribution is 2.34. The number of ether oxygens (including phenoxy) is 2. The number of benzene rings is 2. The Bertz CT molecular complexity index is 654. The van der Waals surface area contributed by atoms with E-state index in [0.29, 0.717) is 22.6 Å². The van der Waals surface area contributed by atoms with Crippen LogP contribution in [0.4, 0.5) is 0 Å². The van der Waals surface area contributed by atoms with Gasteiger partial charge in [0.05, 0.1) is 24.3 Å². The quantitative estimate of drug-likeness (QED) is 0.712. The first kappa shape index (κ1) is 15.1. The Labute approximate surface area is 134 Å². The molecule has 0 aliphatic carbocycles. The molecule has 0 aromatic heterocycles. The van der Waals surface area contributed by atoms with Crippen LogP contribution in [0, 0.1) is 0 Å². The van der Waals surface area contributed by atoms with Gasteiger partial charge in [0.2, 0.25) is 0 Å². The van der Waals surface area contributed by atoms with Crippen molar-refractivity contribution in [2.75, 3.05) is 14.2 Å². The maximum atomic E-state index is 12.6. The van der Waals surface area contributed by atoms with Gasteiger partial charge in [-0.2, -0.15) is 0 Å². The van der Waals surface area contributed by atoms with E-state index in [9.17, 15) is 4.79 Å². The van der Waals surface area contributed by atoms with Crippen LogP contribution in [0.1, 0.15) is 15.9 Å². The summed E-state index contributed by atoms with van der Waals surface area (Å²) < 4.78 is 12.0. The molecule has 2 aromatic rings. The van der Waals surface area contributed by atoms with E-state index < -0.39 is 0 Å². The molecular formula is C15H12Br2O3. The molecular weight excluding hydrogens is 388 g/mol. The Morgan fingerprint density at radius 1 is 0.900 bits per heavy atom. The van der Waals surface area contributed by atoms with Crippen molar-refractivity contribution >= 4 is 37.6 Å². The lowest BCUT2D eigenvalue weighted by atomic mass is 10.0. The van der Waals surface area contributed by atoms with Gasteiger partial charge >= 0.3 is 0 Å². The van der Waals surface area contributed by atoms with Crippen molar-refractivity contribution in [1.29, 1.82) is 0 Å². The molecule has 0 spiro atoms. The standard InChI is InChI=1S/C15H12Br2O3/c1-19-13-8-12(17)14(20-2)7-10(13)15(18)9-5-3-4-6-11(9)16/h3-8H,1-2H3. The molecule has 0 bridgehead atoms. The predicted molar refractivity (Wildman–Crippen MR) is 84.8 cm³/mol. The second kappa shape index (κ2) is 6.41. The van der Waals surface area contributed by atoms with E-state index >= 15 is 0 Å². The molecule has 0 amide bonds. The fourth-order valence-corrected chi connectivity index (χ4v) is 2.78. The van der Waals surface area contributed by atoms with E-state index in [1.807, 2.05) is 18.2 Å². The number of rotatable bonds is 4. The number of methoxy groups -OCH3 is 2. The van der Waals surface area contributed by atoms with E-state index in [0.717, 1.165) is 8.95 Å². The van der Waals surface area contributed by atoms with Crippen LogP contribution in [-0.2, 0) is 0 Å². The molecule has 0 aliphatic rings. The smallest absolute Gasteiger partial charge is 0.198 e. The fraction of sp³-hybridized carbons (Fsp3) is 0.133. The van der Waals surface area contributed by atoms with Crippen LogP contribution >= 0.6 is 31.9 Å².